The van der Waals surface area contributed by atoms with Gasteiger partial charge in [-0.05, 0) is 11.9 Å². The normalized spacial score (nSPS) is 7.67. The van der Waals surface area contributed by atoms with Gasteiger partial charge in [0.25, 0.3) is 0 Å². The van der Waals surface area contributed by atoms with Gasteiger partial charge in [-0.25, -0.2) is 0 Å². The van der Waals surface area contributed by atoms with Crippen LogP contribution in [0, 0.1) is 0 Å². The molecule has 0 atom stereocenters. The second kappa shape index (κ2) is 3.39. The van der Waals surface area contributed by atoms with Gasteiger partial charge in [-0.3, -0.25) is 5.14 Å². The van der Waals surface area contributed by atoms with E-state index in [0.29, 0.717) is 4.32 Å². The van der Waals surface area contributed by atoms with Crippen molar-refractivity contribution in [3.8, 4) is 0 Å². The van der Waals surface area contributed by atoms with Crippen molar-refractivity contribution >= 4 is 28.5 Å². The summed E-state index contributed by atoms with van der Waals surface area (Å²) in [6.45, 7) is 0. The minimum Gasteiger partial charge on any atom is -0.373 e. The minimum atomic E-state index is 0.620. The molecule has 4 heteroatoms. The van der Waals surface area contributed by atoms with Crippen LogP contribution in [0.5, 0.6) is 0 Å². The Morgan fingerprint density at radius 2 is 2.50 bits per heavy atom. The molecule has 0 aromatic rings. The minimum absolute atomic E-state index is 0.620. The van der Waals surface area contributed by atoms with Gasteiger partial charge >= 0.3 is 0 Å². The van der Waals surface area contributed by atoms with Crippen molar-refractivity contribution in [3.05, 3.63) is 0 Å². The summed E-state index contributed by atoms with van der Waals surface area (Å²) in [6, 6.07) is 0. The maximum absolute atomic E-state index is 5.00. The second-order valence-corrected chi connectivity index (χ2v) is 1.97. The molecule has 0 aliphatic heterocycles. The van der Waals surface area contributed by atoms with Crippen LogP contribution in [0.3, 0.4) is 0 Å². The summed E-state index contributed by atoms with van der Waals surface area (Å²) in [5, 5.41) is 7.68. The van der Waals surface area contributed by atoms with E-state index in [-0.39, 0.29) is 0 Å². The molecule has 0 saturated heterocycles. The van der Waals surface area contributed by atoms with Crippen molar-refractivity contribution in [3.63, 3.8) is 0 Å². The van der Waals surface area contributed by atoms with E-state index in [2.05, 4.69) is 17.5 Å². The average Bonchev–Trinajstić information content (AvgIpc) is 1.65. The van der Waals surface area contributed by atoms with Crippen LogP contribution in [-0.2, 0) is 0 Å². The Labute approximate surface area is 46.6 Å². The zero-order chi connectivity index (χ0) is 4.99. The number of nitrogens with two attached hydrogens (primary N) is 1. The fourth-order valence-corrected chi connectivity index (χ4v) is 0.177. The van der Waals surface area contributed by atoms with E-state index in [9.17, 15) is 0 Å². The molecule has 0 fully saturated rings. The summed E-state index contributed by atoms with van der Waals surface area (Å²) in [7, 11) is 1.74. The zero-order valence-electron chi connectivity index (χ0n) is 3.39. The lowest BCUT2D eigenvalue weighted by atomic mass is 11.2. The van der Waals surface area contributed by atoms with Crippen molar-refractivity contribution in [2.24, 2.45) is 5.14 Å². The molecule has 0 amide bonds. The number of rotatable bonds is 0. The van der Waals surface area contributed by atoms with Gasteiger partial charge in [0, 0.05) is 7.05 Å². The van der Waals surface area contributed by atoms with Crippen molar-refractivity contribution in [1.29, 1.82) is 0 Å². The number of hydrogen-bond donors (Lipinski definition) is 2. The lowest BCUT2D eigenvalue weighted by molar-refractivity contribution is 1.23. The third-order valence-electron chi connectivity index (χ3n) is 0.311. The second-order valence-electron chi connectivity index (χ2n) is 0.655. The molecular weight excluding hydrogens is 116 g/mol. The van der Waals surface area contributed by atoms with E-state index in [1.165, 1.54) is 0 Å². The molecule has 0 unspecified atom stereocenters. The van der Waals surface area contributed by atoms with Crippen LogP contribution >= 0.6 is 24.2 Å². The smallest absolute Gasteiger partial charge is 0.148 e. The molecule has 3 N–H and O–H groups in total. The largest absolute Gasteiger partial charge is 0.373 e. The maximum Gasteiger partial charge on any atom is 0.148 e. The van der Waals surface area contributed by atoms with E-state index < -0.39 is 0 Å². The molecular formula is C2H6N2S2. The van der Waals surface area contributed by atoms with Crippen LogP contribution in [-0.4, -0.2) is 11.4 Å². The maximum atomic E-state index is 5.00. The highest BCUT2D eigenvalue weighted by Gasteiger charge is 1.80. The topological polar surface area (TPSA) is 38.0 Å². The Bertz CT molecular complexity index is 47.5. The van der Waals surface area contributed by atoms with Gasteiger partial charge in [0.15, 0.2) is 0 Å². The van der Waals surface area contributed by atoms with Crippen LogP contribution < -0.4 is 10.5 Å². The molecule has 0 saturated carbocycles. The molecule has 2 nitrogen and oxygen atoms in total. The molecule has 6 heavy (non-hydrogen) atoms. The third-order valence-corrected chi connectivity index (χ3v) is 1.22. The molecule has 0 aliphatic carbocycles. The Morgan fingerprint density at radius 1 is 2.00 bits per heavy atom. The summed E-state index contributed by atoms with van der Waals surface area (Å²) in [5.41, 5.74) is 0. The predicted molar refractivity (Wildman–Crippen MR) is 33.4 cm³/mol. The van der Waals surface area contributed by atoms with Crippen LogP contribution in [0.25, 0.3) is 0 Å². The van der Waals surface area contributed by atoms with Gasteiger partial charge in [-0.15, -0.1) is 0 Å². The van der Waals surface area contributed by atoms with E-state index in [1.54, 1.807) is 7.05 Å². The SMILES string of the molecule is CNC(=S)SN. The lowest BCUT2D eigenvalue weighted by Gasteiger charge is -1.90. The number of nitrogens with one attached hydrogen (secondary N) is 1. The Morgan fingerprint density at radius 3 is 2.50 bits per heavy atom. The van der Waals surface area contributed by atoms with Gasteiger partial charge in [-0.2, -0.15) is 0 Å². The van der Waals surface area contributed by atoms with Crippen LogP contribution in [0.15, 0.2) is 0 Å². The van der Waals surface area contributed by atoms with Crippen molar-refractivity contribution in [2.75, 3.05) is 7.05 Å². The van der Waals surface area contributed by atoms with Crippen LogP contribution in [0.1, 0.15) is 0 Å². The summed E-state index contributed by atoms with van der Waals surface area (Å²) in [6.07, 6.45) is 0. The molecule has 36 valence electrons. The van der Waals surface area contributed by atoms with Gasteiger partial charge < -0.3 is 5.32 Å². The highest BCUT2D eigenvalue weighted by Crippen LogP contribution is 1.83. The molecule has 0 radical (unpaired) electrons. The molecule has 0 aromatic carbocycles. The summed E-state index contributed by atoms with van der Waals surface area (Å²) in [5.74, 6) is 0. The zero-order valence-corrected chi connectivity index (χ0v) is 5.03. The van der Waals surface area contributed by atoms with Gasteiger partial charge in [-0.1, -0.05) is 12.2 Å². The molecule has 0 rings (SSSR count). The fourth-order valence-electron chi connectivity index (χ4n) is 0.0589. The Balaban J connectivity index is 2.99. The van der Waals surface area contributed by atoms with Crippen molar-refractivity contribution in [2.45, 2.75) is 0 Å². The first kappa shape index (κ1) is 6.20. The first-order chi connectivity index (χ1) is 2.81. The van der Waals surface area contributed by atoms with Crippen molar-refractivity contribution < 1.29 is 0 Å². The van der Waals surface area contributed by atoms with Crippen LogP contribution in [0.2, 0.25) is 0 Å². The third kappa shape index (κ3) is 2.44. The predicted octanol–water partition coefficient (Wildman–Crippen LogP) is 0.0976. The molecule has 0 heterocycles. The Hall–Kier alpha value is 0.200. The van der Waals surface area contributed by atoms with E-state index in [1.807, 2.05) is 0 Å². The first-order valence-electron chi connectivity index (χ1n) is 1.39. The number of hydrogen-bond acceptors (Lipinski definition) is 3. The number of thiocarbonyl (C=S) groups is 1. The summed E-state index contributed by atoms with van der Waals surface area (Å²) >= 11 is 5.63. The molecule has 0 aliphatic rings. The molecule has 0 bridgehead atoms. The standard InChI is InChI=1S/C2H6N2S2/c1-4-2(5)6-3/h3H2,1H3,(H,4,5). The fraction of sp³-hybridized carbons (Fsp3) is 0.500. The van der Waals surface area contributed by atoms with Gasteiger partial charge in [0.2, 0.25) is 0 Å². The van der Waals surface area contributed by atoms with Gasteiger partial charge in [0.1, 0.15) is 4.32 Å². The Kier molecular flexibility index (Phi) is 3.51. The highest BCUT2D eigenvalue weighted by atomic mass is 32.2. The first-order valence-corrected chi connectivity index (χ1v) is 2.68. The quantitative estimate of drug-likeness (QED) is 0.353. The highest BCUT2D eigenvalue weighted by molar-refractivity contribution is 8.21. The summed E-state index contributed by atoms with van der Waals surface area (Å²) in [4.78, 5) is 0. The average molecular weight is 122 g/mol. The van der Waals surface area contributed by atoms with E-state index in [0.717, 1.165) is 11.9 Å². The molecule has 0 spiro atoms. The van der Waals surface area contributed by atoms with E-state index >= 15 is 0 Å². The van der Waals surface area contributed by atoms with E-state index in [4.69, 9.17) is 5.14 Å². The van der Waals surface area contributed by atoms with Crippen molar-refractivity contribution in [1.82, 2.24) is 5.32 Å². The summed E-state index contributed by atoms with van der Waals surface area (Å²) < 4.78 is 0.620. The lowest BCUT2D eigenvalue weighted by Crippen LogP contribution is -2.12. The molecule has 0 aromatic heterocycles. The monoisotopic (exact) mass is 122 g/mol. The van der Waals surface area contributed by atoms with Gasteiger partial charge in [0.05, 0.1) is 0 Å². The van der Waals surface area contributed by atoms with Crippen LogP contribution in [0.4, 0.5) is 0 Å².